The summed E-state index contributed by atoms with van der Waals surface area (Å²) >= 11 is 5.88. The SMILES string of the molecule is Cl.O=C(CCc1nc(-c2ccc(Cl)cc2)no1)NCc1ccc2c(c1)CNC2. The fourth-order valence-electron chi connectivity index (χ4n) is 3.04. The van der Waals surface area contributed by atoms with E-state index in [1.54, 1.807) is 12.1 Å². The Morgan fingerprint density at radius 2 is 1.93 bits per heavy atom. The molecule has 1 aliphatic rings. The van der Waals surface area contributed by atoms with Crippen molar-refractivity contribution in [3.05, 3.63) is 70.1 Å². The Morgan fingerprint density at radius 3 is 2.75 bits per heavy atom. The summed E-state index contributed by atoms with van der Waals surface area (Å²) in [4.78, 5) is 16.4. The lowest BCUT2D eigenvalue weighted by Gasteiger charge is -2.06. The van der Waals surface area contributed by atoms with Gasteiger partial charge >= 0.3 is 0 Å². The molecule has 28 heavy (non-hydrogen) atoms. The van der Waals surface area contributed by atoms with Gasteiger partial charge in [0.15, 0.2) is 0 Å². The first-order valence-electron chi connectivity index (χ1n) is 8.84. The molecule has 2 heterocycles. The van der Waals surface area contributed by atoms with Crippen molar-refractivity contribution in [2.24, 2.45) is 0 Å². The van der Waals surface area contributed by atoms with Crippen molar-refractivity contribution in [1.82, 2.24) is 20.8 Å². The molecule has 6 nitrogen and oxygen atoms in total. The van der Waals surface area contributed by atoms with Crippen molar-refractivity contribution >= 4 is 29.9 Å². The molecule has 1 amide bonds. The molecule has 0 radical (unpaired) electrons. The standard InChI is InChI=1S/C20H19ClN4O2.ClH/c21-17-5-3-14(4-6-17)20-24-19(27-25-20)8-7-18(26)23-10-13-1-2-15-11-22-12-16(15)9-13;/h1-6,9,22H,7-8,10-12H2,(H,23,26);1H. The van der Waals surface area contributed by atoms with Gasteiger partial charge < -0.3 is 15.2 Å². The topological polar surface area (TPSA) is 80.0 Å². The third-order valence-electron chi connectivity index (χ3n) is 4.53. The van der Waals surface area contributed by atoms with Gasteiger partial charge in [-0.3, -0.25) is 4.79 Å². The van der Waals surface area contributed by atoms with Crippen LogP contribution in [0.1, 0.15) is 29.0 Å². The molecule has 146 valence electrons. The number of aryl methyl sites for hydroxylation is 1. The predicted molar refractivity (Wildman–Crippen MR) is 109 cm³/mol. The molecule has 0 fully saturated rings. The summed E-state index contributed by atoms with van der Waals surface area (Å²) in [6.07, 6.45) is 0.704. The van der Waals surface area contributed by atoms with Gasteiger partial charge in [0.2, 0.25) is 17.6 Å². The maximum atomic E-state index is 12.1. The van der Waals surface area contributed by atoms with Crippen LogP contribution in [-0.4, -0.2) is 16.0 Å². The lowest BCUT2D eigenvalue weighted by atomic mass is 10.1. The van der Waals surface area contributed by atoms with Crippen LogP contribution in [0.15, 0.2) is 47.0 Å². The number of carbonyl (C=O) groups is 1. The highest BCUT2D eigenvalue weighted by molar-refractivity contribution is 6.30. The molecule has 2 N–H and O–H groups in total. The van der Waals surface area contributed by atoms with Crippen LogP contribution in [0.5, 0.6) is 0 Å². The molecule has 1 aliphatic heterocycles. The molecule has 0 saturated carbocycles. The summed E-state index contributed by atoms with van der Waals surface area (Å²) in [6.45, 7) is 2.33. The molecule has 4 rings (SSSR count). The van der Waals surface area contributed by atoms with Crippen LogP contribution in [0.3, 0.4) is 0 Å². The number of nitrogens with one attached hydrogen (secondary N) is 2. The monoisotopic (exact) mass is 418 g/mol. The van der Waals surface area contributed by atoms with Gasteiger partial charge in [0.1, 0.15) is 0 Å². The number of hydrogen-bond donors (Lipinski definition) is 2. The second kappa shape index (κ2) is 9.19. The average molecular weight is 419 g/mol. The fraction of sp³-hybridized carbons (Fsp3) is 0.250. The molecule has 0 unspecified atom stereocenters. The van der Waals surface area contributed by atoms with Crippen LogP contribution in [-0.2, 0) is 30.8 Å². The number of nitrogens with zero attached hydrogens (tertiary/aromatic N) is 2. The molecule has 0 saturated heterocycles. The minimum Gasteiger partial charge on any atom is -0.352 e. The van der Waals surface area contributed by atoms with Crippen LogP contribution < -0.4 is 10.6 Å². The van der Waals surface area contributed by atoms with E-state index in [2.05, 4.69) is 39.0 Å². The first kappa shape index (κ1) is 20.3. The first-order valence-corrected chi connectivity index (χ1v) is 9.22. The van der Waals surface area contributed by atoms with Crippen LogP contribution in [0.4, 0.5) is 0 Å². The molecule has 0 bridgehead atoms. The Labute approximate surface area is 174 Å². The van der Waals surface area contributed by atoms with E-state index < -0.39 is 0 Å². The largest absolute Gasteiger partial charge is 0.352 e. The zero-order valence-electron chi connectivity index (χ0n) is 15.1. The average Bonchev–Trinajstić information content (AvgIpc) is 3.34. The maximum absolute atomic E-state index is 12.1. The smallest absolute Gasteiger partial charge is 0.227 e. The lowest BCUT2D eigenvalue weighted by molar-refractivity contribution is -0.121. The summed E-state index contributed by atoms with van der Waals surface area (Å²) in [7, 11) is 0. The third kappa shape index (κ3) is 4.90. The Hall–Kier alpha value is -2.41. The summed E-state index contributed by atoms with van der Waals surface area (Å²) in [5.41, 5.74) is 4.57. The van der Waals surface area contributed by atoms with E-state index in [0.717, 1.165) is 24.2 Å². The van der Waals surface area contributed by atoms with Crippen molar-refractivity contribution in [1.29, 1.82) is 0 Å². The number of fused-ring (bicyclic) bond motifs is 1. The highest BCUT2D eigenvalue weighted by atomic mass is 35.5. The van der Waals surface area contributed by atoms with Crippen molar-refractivity contribution in [3.8, 4) is 11.4 Å². The molecule has 3 aromatic rings. The van der Waals surface area contributed by atoms with E-state index in [9.17, 15) is 4.79 Å². The second-order valence-corrected chi connectivity index (χ2v) is 6.94. The number of aromatic nitrogens is 2. The van der Waals surface area contributed by atoms with Gasteiger partial charge in [0.25, 0.3) is 0 Å². The molecule has 8 heteroatoms. The van der Waals surface area contributed by atoms with Gasteiger partial charge in [-0.2, -0.15) is 4.98 Å². The van der Waals surface area contributed by atoms with Crippen LogP contribution in [0, 0.1) is 0 Å². The molecular weight excluding hydrogens is 399 g/mol. The quantitative estimate of drug-likeness (QED) is 0.638. The third-order valence-corrected chi connectivity index (χ3v) is 4.78. The number of benzene rings is 2. The van der Waals surface area contributed by atoms with Gasteiger partial charge in [-0.1, -0.05) is 35.0 Å². The van der Waals surface area contributed by atoms with Crippen LogP contribution >= 0.6 is 24.0 Å². The van der Waals surface area contributed by atoms with E-state index in [1.165, 1.54) is 11.1 Å². The predicted octanol–water partition coefficient (Wildman–Crippen LogP) is 3.66. The molecule has 0 spiro atoms. The van der Waals surface area contributed by atoms with Gasteiger partial charge in [-0.05, 0) is 41.0 Å². The zero-order chi connectivity index (χ0) is 18.6. The highest BCUT2D eigenvalue weighted by Crippen LogP contribution is 2.19. The summed E-state index contributed by atoms with van der Waals surface area (Å²) in [5.74, 6) is 0.896. The minimum absolute atomic E-state index is 0. The van der Waals surface area contributed by atoms with Gasteiger partial charge in [-0.15, -0.1) is 12.4 Å². The van der Waals surface area contributed by atoms with Gasteiger partial charge in [-0.25, -0.2) is 0 Å². The lowest BCUT2D eigenvalue weighted by Crippen LogP contribution is -2.23. The molecule has 2 aromatic carbocycles. The van der Waals surface area contributed by atoms with Crippen molar-refractivity contribution in [2.75, 3.05) is 0 Å². The molecule has 0 atom stereocenters. The number of halogens is 2. The number of carbonyl (C=O) groups excluding carboxylic acids is 1. The summed E-state index contributed by atoms with van der Waals surface area (Å²) in [6, 6.07) is 13.5. The minimum atomic E-state index is -0.0418. The number of amides is 1. The number of rotatable bonds is 6. The van der Waals surface area contributed by atoms with Gasteiger partial charge in [0, 0.05) is 43.1 Å². The summed E-state index contributed by atoms with van der Waals surface area (Å²) in [5, 5.41) is 10.9. The van der Waals surface area contributed by atoms with Gasteiger partial charge in [0.05, 0.1) is 0 Å². The molecular formula is C20H20Cl2N4O2. The Kier molecular flexibility index (Phi) is 6.67. The molecule has 1 aromatic heterocycles. The van der Waals surface area contributed by atoms with Crippen LogP contribution in [0.2, 0.25) is 5.02 Å². The number of hydrogen-bond acceptors (Lipinski definition) is 5. The molecule has 0 aliphatic carbocycles. The van der Waals surface area contributed by atoms with Crippen molar-refractivity contribution in [3.63, 3.8) is 0 Å². The van der Waals surface area contributed by atoms with E-state index in [4.69, 9.17) is 16.1 Å². The fourth-order valence-corrected chi connectivity index (χ4v) is 3.17. The highest BCUT2D eigenvalue weighted by Gasteiger charge is 2.12. The first-order chi connectivity index (χ1) is 13.2. The normalized spacial score (nSPS) is 12.3. The van der Waals surface area contributed by atoms with Crippen molar-refractivity contribution in [2.45, 2.75) is 32.5 Å². The summed E-state index contributed by atoms with van der Waals surface area (Å²) < 4.78 is 5.23. The van der Waals surface area contributed by atoms with Crippen molar-refractivity contribution < 1.29 is 9.32 Å². The van der Waals surface area contributed by atoms with E-state index >= 15 is 0 Å². The Bertz CT molecular complexity index is 957. The maximum Gasteiger partial charge on any atom is 0.227 e. The second-order valence-electron chi connectivity index (χ2n) is 6.50. The van der Waals surface area contributed by atoms with Crippen LogP contribution in [0.25, 0.3) is 11.4 Å². The zero-order valence-corrected chi connectivity index (χ0v) is 16.6. The van der Waals surface area contributed by atoms with E-state index in [1.807, 2.05) is 12.1 Å². The van der Waals surface area contributed by atoms with E-state index in [-0.39, 0.29) is 18.3 Å². The van der Waals surface area contributed by atoms with E-state index in [0.29, 0.717) is 36.1 Å². The Morgan fingerprint density at radius 1 is 1.14 bits per heavy atom. The Balaban J connectivity index is 0.00000225.